The Morgan fingerprint density at radius 2 is 2.36 bits per heavy atom. The second-order valence-electron chi connectivity index (χ2n) is 2.13. The van der Waals surface area contributed by atoms with Crippen molar-refractivity contribution in [3.8, 4) is 0 Å². The minimum Gasteiger partial charge on any atom is -0.247 e. The molecular weight excluding hydrogens is 250 g/mol. The average molecular weight is 256 g/mol. The van der Waals surface area contributed by atoms with Gasteiger partial charge in [-0.2, -0.15) is 0 Å². The summed E-state index contributed by atoms with van der Waals surface area (Å²) in [6.45, 7) is 0. The van der Waals surface area contributed by atoms with E-state index >= 15 is 0 Å². The minimum absolute atomic E-state index is 0.0310. The molecule has 0 bridgehead atoms. The van der Waals surface area contributed by atoms with Crippen molar-refractivity contribution in [3.05, 3.63) is 15.0 Å². The van der Waals surface area contributed by atoms with E-state index in [0.29, 0.717) is 5.01 Å². The van der Waals surface area contributed by atoms with Gasteiger partial charge in [-0.05, 0) is 15.9 Å². The van der Waals surface area contributed by atoms with Crippen LogP contribution in [0.5, 0.6) is 0 Å². The molecule has 11 heavy (non-hydrogen) atoms. The summed E-state index contributed by atoms with van der Waals surface area (Å²) in [5.74, 6) is 0.0310. The van der Waals surface area contributed by atoms with Gasteiger partial charge in [0.2, 0.25) is 0 Å². The summed E-state index contributed by atoms with van der Waals surface area (Å²) in [5, 5.41) is 0.624. The molecule has 0 spiro atoms. The molecule has 0 saturated heterocycles. The SMILES string of the molecule is CS(=O)(=O)Cc1ncc(Br)s1. The van der Waals surface area contributed by atoms with Crippen LogP contribution in [0, 0.1) is 0 Å². The molecule has 0 aromatic carbocycles. The first kappa shape index (κ1) is 9.15. The average Bonchev–Trinajstić information content (AvgIpc) is 2.10. The van der Waals surface area contributed by atoms with Crippen molar-refractivity contribution in [2.24, 2.45) is 0 Å². The summed E-state index contributed by atoms with van der Waals surface area (Å²) in [6.07, 6.45) is 2.80. The lowest BCUT2D eigenvalue weighted by molar-refractivity contribution is 0.601. The molecule has 0 saturated carbocycles. The molecule has 0 fully saturated rings. The predicted molar refractivity (Wildman–Crippen MR) is 48.4 cm³/mol. The van der Waals surface area contributed by atoms with Crippen LogP contribution in [-0.2, 0) is 15.6 Å². The number of thiazole rings is 1. The molecule has 0 aliphatic rings. The fourth-order valence-electron chi connectivity index (χ4n) is 0.579. The van der Waals surface area contributed by atoms with E-state index in [1.54, 1.807) is 6.20 Å². The summed E-state index contributed by atoms with van der Waals surface area (Å²) in [5.41, 5.74) is 0. The van der Waals surface area contributed by atoms with Crippen molar-refractivity contribution in [1.29, 1.82) is 0 Å². The molecule has 0 amide bonds. The van der Waals surface area contributed by atoms with Gasteiger partial charge in [-0.15, -0.1) is 11.3 Å². The third kappa shape index (κ3) is 3.31. The van der Waals surface area contributed by atoms with Crippen LogP contribution in [-0.4, -0.2) is 19.7 Å². The molecule has 0 aliphatic carbocycles. The van der Waals surface area contributed by atoms with Gasteiger partial charge >= 0.3 is 0 Å². The molecule has 1 aromatic rings. The van der Waals surface area contributed by atoms with Crippen molar-refractivity contribution in [1.82, 2.24) is 4.98 Å². The van der Waals surface area contributed by atoms with Crippen molar-refractivity contribution in [2.45, 2.75) is 5.75 Å². The fourth-order valence-corrected chi connectivity index (χ4v) is 3.08. The van der Waals surface area contributed by atoms with E-state index < -0.39 is 9.84 Å². The highest BCUT2D eigenvalue weighted by molar-refractivity contribution is 9.11. The highest BCUT2D eigenvalue weighted by Crippen LogP contribution is 2.20. The van der Waals surface area contributed by atoms with Crippen LogP contribution in [0.15, 0.2) is 9.98 Å². The van der Waals surface area contributed by atoms with E-state index in [0.717, 1.165) is 3.79 Å². The smallest absolute Gasteiger partial charge is 0.153 e. The predicted octanol–water partition coefficient (Wildman–Crippen LogP) is 1.45. The molecule has 1 rings (SSSR count). The van der Waals surface area contributed by atoms with Crippen molar-refractivity contribution >= 4 is 37.1 Å². The van der Waals surface area contributed by atoms with Crippen LogP contribution >= 0.6 is 27.3 Å². The highest BCUT2D eigenvalue weighted by Gasteiger charge is 2.07. The lowest BCUT2D eigenvalue weighted by Crippen LogP contribution is -1.99. The topological polar surface area (TPSA) is 47.0 Å². The maximum atomic E-state index is 10.8. The Labute approximate surface area is 77.5 Å². The van der Waals surface area contributed by atoms with Crippen LogP contribution < -0.4 is 0 Å². The zero-order valence-electron chi connectivity index (χ0n) is 5.74. The zero-order chi connectivity index (χ0) is 8.48. The van der Waals surface area contributed by atoms with Gasteiger partial charge in [0.15, 0.2) is 9.84 Å². The molecular formula is C5H6BrNO2S2. The monoisotopic (exact) mass is 255 g/mol. The summed E-state index contributed by atoms with van der Waals surface area (Å²) in [4.78, 5) is 3.89. The molecule has 0 atom stereocenters. The lowest BCUT2D eigenvalue weighted by atomic mass is 10.8. The molecule has 3 nitrogen and oxygen atoms in total. The second-order valence-corrected chi connectivity index (χ2v) is 6.76. The fraction of sp³-hybridized carbons (Fsp3) is 0.400. The number of rotatable bonds is 2. The first-order valence-corrected chi connectivity index (χ1v) is 6.42. The van der Waals surface area contributed by atoms with Gasteiger partial charge < -0.3 is 0 Å². The maximum Gasteiger partial charge on any atom is 0.153 e. The van der Waals surface area contributed by atoms with Gasteiger partial charge in [0, 0.05) is 6.26 Å². The number of aromatic nitrogens is 1. The van der Waals surface area contributed by atoms with Gasteiger partial charge in [-0.1, -0.05) is 0 Å². The molecule has 0 aliphatic heterocycles. The summed E-state index contributed by atoms with van der Waals surface area (Å²) < 4.78 is 22.4. The standard InChI is InChI=1S/C5H6BrNO2S2/c1-11(8,9)3-5-7-2-4(6)10-5/h2H,3H2,1H3. The third-order valence-electron chi connectivity index (χ3n) is 0.911. The van der Waals surface area contributed by atoms with Gasteiger partial charge in [0.05, 0.1) is 9.98 Å². The number of nitrogens with zero attached hydrogens (tertiary/aromatic N) is 1. The molecule has 62 valence electrons. The first-order valence-electron chi connectivity index (χ1n) is 2.75. The van der Waals surface area contributed by atoms with E-state index in [1.807, 2.05) is 0 Å². The Balaban J connectivity index is 2.81. The normalized spacial score (nSPS) is 11.8. The second kappa shape index (κ2) is 3.20. The largest absolute Gasteiger partial charge is 0.247 e. The molecule has 0 N–H and O–H groups in total. The van der Waals surface area contributed by atoms with Crippen molar-refractivity contribution in [3.63, 3.8) is 0 Å². The zero-order valence-corrected chi connectivity index (χ0v) is 8.96. The summed E-state index contributed by atoms with van der Waals surface area (Å²) in [7, 11) is -2.94. The maximum absolute atomic E-state index is 10.8. The van der Waals surface area contributed by atoms with E-state index in [4.69, 9.17) is 0 Å². The Kier molecular flexibility index (Phi) is 2.66. The van der Waals surface area contributed by atoms with Crippen LogP contribution in [0.4, 0.5) is 0 Å². The Bertz CT molecular complexity index is 343. The Morgan fingerprint density at radius 3 is 2.73 bits per heavy atom. The van der Waals surface area contributed by atoms with Crippen LogP contribution in [0.25, 0.3) is 0 Å². The summed E-state index contributed by atoms with van der Waals surface area (Å²) >= 11 is 4.54. The van der Waals surface area contributed by atoms with Crippen LogP contribution in [0.2, 0.25) is 0 Å². The minimum atomic E-state index is -2.94. The quantitative estimate of drug-likeness (QED) is 0.804. The molecule has 0 unspecified atom stereocenters. The number of halogens is 1. The number of hydrogen-bond donors (Lipinski definition) is 0. The molecule has 6 heteroatoms. The van der Waals surface area contributed by atoms with Gasteiger partial charge in [-0.3, -0.25) is 0 Å². The molecule has 1 aromatic heterocycles. The van der Waals surface area contributed by atoms with Gasteiger partial charge in [0.1, 0.15) is 10.8 Å². The first-order chi connectivity index (χ1) is 4.97. The lowest BCUT2D eigenvalue weighted by Gasteiger charge is -1.89. The van der Waals surface area contributed by atoms with Gasteiger partial charge in [0.25, 0.3) is 0 Å². The van der Waals surface area contributed by atoms with Crippen molar-refractivity contribution in [2.75, 3.05) is 6.26 Å². The van der Waals surface area contributed by atoms with E-state index in [2.05, 4.69) is 20.9 Å². The molecule has 0 radical (unpaired) electrons. The Hall–Kier alpha value is 0.0600. The van der Waals surface area contributed by atoms with Crippen LogP contribution in [0.3, 0.4) is 0 Å². The molecule has 1 heterocycles. The number of hydrogen-bond acceptors (Lipinski definition) is 4. The van der Waals surface area contributed by atoms with E-state index in [1.165, 1.54) is 17.6 Å². The highest BCUT2D eigenvalue weighted by atomic mass is 79.9. The number of sulfone groups is 1. The summed E-state index contributed by atoms with van der Waals surface area (Å²) in [6, 6.07) is 0. The van der Waals surface area contributed by atoms with Crippen molar-refractivity contribution < 1.29 is 8.42 Å². The van der Waals surface area contributed by atoms with E-state index in [9.17, 15) is 8.42 Å². The van der Waals surface area contributed by atoms with Crippen LogP contribution in [0.1, 0.15) is 5.01 Å². The third-order valence-corrected chi connectivity index (χ3v) is 3.37. The Morgan fingerprint density at radius 1 is 1.73 bits per heavy atom. The van der Waals surface area contributed by atoms with E-state index in [-0.39, 0.29) is 5.75 Å². The van der Waals surface area contributed by atoms with Gasteiger partial charge in [-0.25, -0.2) is 13.4 Å².